The summed E-state index contributed by atoms with van der Waals surface area (Å²) in [5.41, 5.74) is 0.673. The fourth-order valence-electron chi connectivity index (χ4n) is 3.69. The van der Waals surface area contributed by atoms with Gasteiger partial charge in [0.2, 0.25) is 5.88 Å². The maximum absolute atomic E-state index is 12.9. The standard InChI is InChI=1S/C24H32N2O3/c1-17(2)23(25-19-11-6-4-7-12-19)24(27)28-18(3)21-15-10-16-22(26-21)29-20-13-8-5-9-14-20/h5,8-10,13-19,23,25H,4,6-7,11-12H2,1-3H3. The summed E-state index contributed by atoms with van der Waals surface area (Å²) in [5.74, 6) is 1.15. The van der Waals surface area contributed by atoms with Gasteiger partial charge in [-0.15, -0.1) is 0 Å². The molecule has 0 spiro atoms. The van der Waals surface area contributed by atoms with Gasteiger partial charge >= 0.3 is 5.97 Å². The van der Waals surface area contributed by atoms with Crippen LogP contribution in [0.25, 0.3) is 0 Å². The Morgan fingerprint density at radius 1 is 1.00 bits per heavy atom. The van der Waals surface area contributed by atoms with Gasteiger partial charge in [0, 0.05) is 12.1 Å². The average Bonchev–Trinajstić information content (AvgIpc) is 2.73. The van der Waals surface area contributed by atoms with Crippen molar-refractivity contribution >= 4 is 5.97 Å². The molecule has 156 valence electrons. The number of rotatable bonds is 8. The van der Waals surface area contributed by atoms with E-state index in [9.17, 15) is 4.79 Å². The number of para-hydroxylation sites is 1. The third-order valence-corrected chi connectivity index (χ3v) is 5.36. The molecule has 1 aliphatic rings. The molecule has 1 heterocycles. The van der Waals surface area contributed by atoms with Crippen molar-refractivity contribution in [3.8, 4) is 11.6 Å². The molecule has 0 bridgehead atoms. The van der Waals surface area contributed by atoms with Crippen LogP contribution in [-0.4, -0.2) is 23.0 Å². The second-order valence-electron chi connectivity index (χ2n) is 8.12. The van der Waals surface area contributed by atoms with Crippen LogP contribution in [-0.2, 0) is 9.53 Å². The maximum Gasteiger partial charge on any atom is 0.324 e. The zero-order valence-electron chi connectivity index (χ0n) is 17.6. The van der Waals surface area contributed by atoms with Gasteiger partial charge in [0.05, 0.1) is 5.69 Å². The number of carbonyl (C=O) groups excluding carboxylic acids is 1. The van der Waals surface area contributed by atoms with Crippen LogP contribution in [0.3, 0.4) is 0 Å². The number of benzene rings is 1. The summed E-state index contributed by atoms with van der Waals surface area (Å²) in [5, 5.41) is 3.54. The largest absolute Gasteiger partial charge is 0.455 e. The SMILES string of the molecule is CC(OC(=O)C(NC1CCCCC1)C(C)C)c1cccc(Oc2ccccc2)n1. The highest BCUT2D eigenvalue weighted by Crippen LogP contribution is 2.24. The van der Waals surface area contributed by atoms with E-state index in [4.69, 9.17) is 9.47 Å². The van der Waals surface area contributed by atoms with Gasteiger partial charge in [-0.2, -0.15) is 0 Å². The number of aromatic nitrogens is 1. The second kappa shape index (κ2) is 10.4. The van der Waals surface area contributed by atoms with Crippen LogP contribution in [0, 0.1) is 5.92 Å². The van der Waals surface area contributed by atoms with Crippen molar-refractivity contribution in [1.82, 2.24) is 10.3 Å². The topological polar surface area (TPSA) is 60.5 Å². The van der Waals surface area contributed by atoms with E-state index in [0.29, 0.717) is 17.6 Å². The zero-order chi connectivity index (χ0) is 20.6. The highest BCUT2D eigenvalue weighted by atomic mass is 16.5. The first kappa shape index (κ1) is 21.3. The Morgan fingerprint density at radius 2 is 1.72 bits per heavy atom. The summed E-state index contributed by atoms with van der Waals surface area (Å²) in [4.78, 5) is 17.4. The Labute approximate surface area is 173 Å². The molecule has 2 aromatic rings. The van der Waals surface area contributed by atoms with Crippen molar-refractivity contribution < 1.29 is 14.3 Å². The Hall–Kier alpha value is -2.40. The number of hydrogen-bond donors (Lipinski definition) is 1. The maximum atomic E-state index is 12.9. The Bertz CT molecular complexity index is 773. The number of nitrogens with one attached hydrogen (secondary N) is 1. The number of carbonyl (C=O) groups is 1. The lowest BCUT2D eigenvalue weighted by Crippen LogP contribution is -2.48. The first-order chi connectivity index (χ1) is 14.0. The molecular formula is C24H32N2O3. The van der Waals surface area contributed by atoms with Crippen molar-refractivity contribution in [2.45, 2.75) is 71.1 Å². The first-order valence-electron chi connectivity index (χ1n) is 10.7. The first-order valence-corrected chi connectivity index (χ1v) is 10.7. The van der Waals surface area contributed by atoms with Crippen LogP contribution in [0.5, 0.6) is 11.6 Å². The van der Waals surface area contributed by atoms with Gasteiger partial charge in [0.25, 0.3) is 0 Å². The highest BCUT2D eigenvalue weighted by Gasteiger charge is 2.29. The van der Waals surface area contributed by atoms with Crippen LogP contribution in [0.4, 0.5) is 0 Å². The zero-order valence-corrected chi connectivity index (χ0v) is 17.6. The van der Waals surface area contributed by atoms with Crippen LogP contribution in [0.1, 0.15) is 64.7 Å². The van der Waals surface area contributed by atoms with E-state index >= 15 is 0 Å². The summed E-state index contributed by atoms with van der Waals surface area (Å²) < 4.78 is 11.6. The summed E-state index contributed by atoms with van der Waals surface area (Å²) in [6.07, 6.45) is 5.56. The van der Waals surface area contributed by atoms with Crippen molar-refractivity contribution in [3.05, 3.63) is 54.2 Å². The fourth-order valence-corrected chi connectivity index (χ4v) is 3.69. The third-order valence-electron chi connectivity index (χ3n) is 5.36. The Kier molecular flexibility index (Phi) is 7.64. The third kappa shape index (κ3) is 6.29. The molecule has 1 saturated carbocycles. The van der Waals surface area contributed by atoms with E-state index in [1.807, 2.05) is 49.4 Å². The van der Waals surface area contributed by atoms with E-state index in [0.717, 1.165) is 18.6 Å². The predicted octanol–water partition coefficient (Wildman–Crippen LogP) is 5.43. The van der Waals surface area contributed by atoms with Gasteiger partial charge in [-0.05, 0) is 43.9 Å². The summed E-state index contributed by atoms with van der Waals surface area (Å²) >= 11 is 0. The quantitative estimate of drug-likeness (QED) is 0.603. The fraction of sp³-hybridized carbons (Fsp3) is 0.500. The number of nitrogens with zero attached hydrogens (tertiary/aromatic N) is 1. The second-order valence-corrected chi connectivity index (χ2v) is 8.12. The van der Waals surface area contributed by atoms with Crippen LogP contribution in [0.2, 0.25) is 0 Å². The molecule has 0 saturated heterocycles. The van der Waals surface area contributed by atoms with E-state index in [2.05, 4.69) is 24.1 Å². The molecule has 2 unspecified atom stereocenters. The molecule has 5 nitrogen and oxygen atoms in total. The molecular weight excluding hydrogens is 364 g/mol. The lowest BCUT2D eigenvalue weighted by atomic mass is 9.93. The van der Waals surface area contributed by atoms with Gasteiger partial charge in [-0.3, -0.25) is 4.79 Å². The lowest BCUT2D eigenvalue weighted by Gasteiger charge is -2.30. The van der Waals surface area contributed by atoms with Gasteiger partial charge in [0.1, 0.15) is 17.9 Å². The summed E-state index contributed by atoms with van der Waals surface area (Å²) in [7, 11) is 0. The molecule has 1 N–H and O–H groups in total. The van der Waals surface area contributed by atoms with Gasteiger partial charge in [-0.1, -0.05) is 57.4 Å². The minimum absolute atomic E-state index is 0.164. The minimum Gasteiger partial charge on any atom is -0.455 e. The number of hydrogen-bond acceptors (Lipinski definition) is 5. The van der Waals surface area contributed by atoms with Crippen molar-refractivity contribution in [3.63, 3.8) is 0 Å². The Balaban J connectivity index is 1.62. The van der Waals surface area contributed by atoms with E-state index in [1.54, 1.807) is 6.07 Å². The number of ether oxygens (including phenoxy) is 2. The molecule has 1 aromatic carbocycles. The molecule has 0 radical (unpaired) electrons. The van der Waals surface area contributed by atoms with Crippen molar-refractivity contribution in [2.75, 3.05) is 0 Å². The Morgan fingerprint density at radius 3 is 2.41 bits per heavy atom. The smallest absolute Gasteiger partial charge is 0.324 e. The van der Waals surface area contributed by atoms with Gasteiger partial charge in [0.15, 0.2) is 0 Å². The molecule has 1 aromatic heterocycles. The van der Waals surface area contributed by atoms with Crippen LogP contribution < -0.4 is 10.1 Å². The molecule has 3 rings (SSSR count). The van der Waals surface area contributed by atoms with Crippen LogP contribution in [0.15, 0.2) is 48.5 Å². The summed E-state index contributed by atoms with van der Waals surface area (Å²) in [6.45, 7) is 5.96. The average molecular weight is 397 g/mol. The molecule has 0 amide bonds. The molecule has 0 aliphatic heterocycles. The van der Waals surface area contributed by atoms with Gasteiger partial charge < -0.3 is 14.8 Å². The lowest BCUT2D eigenvalue weighted by molar-refractivity contribution is -0.153. The summed E-state index contributed by atoms with van der Waals surface area (Å²) in [6, 6.07) is 15.1. The number of pyridine rings is 1. The number of esters is 1. The van der Waals surface area contributed by atoms with E-state index in [-0.39, 0.29) is 17.9 Å². The minimum atomic E-state index is -0.448. The highest BCUT2D eigenvalue weighted by molar-refractivity contribution is 5.76. The van der Waals surface area contributed by atoms with E-state index in [1.165, 1.54) is 19.3 Å². The van der Waals surface area contributed by atoms with E-state index < -0.39 is 6.10 Å². The molecule has 1 aliphatic carbocycles. The molecule has 5 heteroatoms. The normalized spacial score (nSPS) is 17.0. The molecule has 1 fully saturated rings. The molecule has 2 atom stereocenters. The molecule has 29 heavy (non-hydrogen) atoms. The van der Waals surface area contributed by atoms with Crippen molar-refractivity contribution in [2.24, 2.45) is 5.92 Å². The van der Waals surface area contributed by atoms with Crippen molar-refractivity contribution in [1.29, 1.82) is 0 Å². The van der Waals surface area contributed by atoms with Crippen LogP contribution >= 0.6 is 0 Å². The predicted molar refractivity (Wildman–Crippen MR) is 114 cm³/mol. The monoisotopic (exact) mass is 396 g/mol. The van der Waals surface area contributed by atoms with Gasteiger partial charge in [-0.25, -0.2) is 4.98 Å².